The van der Waals surface area contributed by atoms with Gasteiger partial charge in [0.2, 0.25) is 5.91 Å². The molecule has 0 spiro atoms. The monoisotopic (exact) mass is 372 g/mol. The number of nitrogens with zero attached hydrogens (tertiary/aromatic N) is 4. The highest BCUT2D eigenvalue weighted by Crippen LogP contribution is 2.38. The first-order chi connectivity index (χ1) is 12.5. The van der Waals surface area contributed by atoms with Crippen LogP contribution in [0.4, 0.5) is 0 Å². The SMILES string of the molecule is C=CC(=O)N(Cc1cnc(C2CCC2)s1)CC(c1ccnn1C)C(C)C. The quantitative estimate of drug-likeness (QED) is 0.656. The minimum Gasteiger partial charge on any atom is -0.333 e. The molecule has 0 aliphatic heterocycles. The molecule has 1 saturated carbocycles. The van der Waals surface area contributed by atoms with E-state index in [1.54, 1.807) is 11.3 Å². The summed E-state index contributed by atoms with van der Waals surface area (Å²) >= 11 is 1.75. The van der Waals surface area contributed by atoms with Gasteiger partial charge in [-0.2, -0.15) is 5.10 Å². The lowest BCUT2D eigenvalue weighted by Gasteiger charge is -2.29. The third kappa shape index (κ3) is 4.06. The highest BCUT2D eigenvalue weighted by Gasteiger charge is 2.26. The van der Waals surface area contributed by atoms with Gasteiger partial charge in [-0.05, 0) is 30.9 Å². The van der Waals surface area contributed by atoms with Gasteiger partial charge in [-0.1, -0.05) is 26.8 Å². The molecule has 0 radical (unpaired) electrons. The van der Waals surface area contributed by atoms with Crippen LogP contribution in [0.1, 0.15) is 60.5 Å². The molecule has 1 amide bonds. The van der Waals surface area contributed by atoms with Crippen molar-refractivity contribution in [1.82, 2.24) is 19.7 Å². The van der Waals surface area contributed by atoms with Crippen LogP contribution in [-0.4, -0.2) is 32.1 Å². The maximum absolute atomic E-state index is 12.5. The van der Waals surface area contributed by atoms with E-state index in [0.29, 0.717) is 24.9 Å². The lowest BCUT2D eigenvalue weighted by Crippen LogP contribution is -2.35. The largest absolute Gasteiger partial charge is 0.333 e. The van der Waals surface area contributed by atoms with Crippen LogP contribution in [0.5, 0.6) is 0 Å². The fraction of sp³-hybridized carbons (Fsp3) is 0.550. The summed E-state index contributed by atoms with van der Waals surface area (Å²) in [7, 11) is 1.96. The van der Waals surface area contributed by atoms with E-state index in [-0.39, 0.29) is 11.8 Å². The molecule has 6 heteroatoms. The molecular formula is C20H28N4OS. The molecule has 26 heavy (non-hydrogen) atoms. The molecule has 3 rings (SSSR count). The van der Waals surface area contributed by atoms with E-state index in [4.69, 9.17) is 0 Å². The first-order valence-corrected chi connectivity index (χ1v) is 10.1. The van der Waals surface area contributed by atoms with Crippen LogP contribution in [0.15, 0.2) is 31.1 Å². The zero-order valence-electron chi connectivity index (χ0n) is 15.9. The van der Waals surface area contributed by atoms with E-state index < -0.39 is 0 Å². The minimum absolute atomic E-state index is 0.0311. The van der Waals surface area contributed by atoms with E-state index in [9.17, 15) is 4.79 Å². The molecule has 1 fully saturated rings. The number of aryl methyl sites for hydroxylation is 1. The minimum atomic E-state index is -0.0311. The average molecular weight is 373 g/mol. The zero-order valence-corrected chi connectivity index (χ0v) is 16.7. The first kappa shape index (κ1) is 18.8. The molecule has 0 N–H and O–H groups in total. The number of aromatic nitrogens is 3. The van der Waals surface area contributed by atoms with E-state index in [1.165, 1.54) is 30.3 Å². The molecule has 1 aliphatic carbocycles. The Bertz CT molecular complexity index is 759. The second kappa shape index (κ2) is 8.16. The Labute approximate surface area is 159 Å². The van der Waals surface area contributed by atoms with Gasteiger partial charge < -0.3 is 4.90 Å². The first-order valence-electron chi connectivity index (χ1n) is 9.33. The molecule has 2 heterocycles. The second-order valence-electron chi connectivity index (χ2n) is 7.45. The van der Waals surface area contributed by atoms with Crippen molar-refractivity contribution in [2.24, 2.45) is 13.0 Å². The molecule has 1 unspecified atom stereocenters. The normalized spacial score (nSPS) is 15.7. The van der Waals surface area contributed by atoms with E-state index in [0.717, 1.165) is 10.6 Å². The van der Waals surface area contributed by atoms with Gasteiger partial charge >= 0.3 is 0 Å². The predicted molar refractivity (Wildman–Crippen MR) is 105 cm³/mol. The molecule has 140 valence electrons. The van der Waals surface area contributed by atoms with Crippen molar-refractivity contribution >= 4 is 17.2 Å². The Morgan fingerprint density at radius 3 is 2.81 bits per heavy atom. The number of thiazole rings is 1. The molecule has 2 aromatic rings. The molecule has 1 atom stereocenters. The van der Waals surface area contributed by atoms with E-state index >= 15 is 0 Å². The second-order valence-corrected chi connectivity index (χ2v) is 8.59. The highest BCUT2D eigenvalue weighted by atomic mass is 32.1. The number of rotatable bonds is 8. The van der Waals surface area contributed by atoms with Crippen molar-refractivity contribution < 1.29 is 4.79 Å². The molecule has 1 aliphatic rings. The molecule has 2 aromatic heterocycles. The lowest BCUT2D eigenvalue weighted by molar-refractivity contribution is -0.127. The van der Waals surface area contributed by atoms with Gasteiger partial charge in [-0.15, -0.1) is 11.3 Å². The van der Waals surface area contributed by atoms with Crippen molar-refractivity contribution in [2.75, 3.05) is 6.54 Å². The van der Waals surface area contributed by atoms with Gasteiger partial charge in [0.25, 0.3) is 0 Å². The van der Waals surface area contributed by atoms with Crippen LogP contribution in [-0.2, 0) is 18.4 Å². The fourth-order valence-corrected chi connectivity index (χ4v) is 4.52. The summed E-state index contributed by atoms with van der Waals surface area (Å²) in [5, 5.41) is 5.53. The maximum atomic E-state index is 12.5. The summed E-state index contributed by atoms with van der Waals surface area (Å²) in [6.45, 7) is 9.32. The third-order valence-electron chi connectivity index (χ3n) is 5.32. The third-order valence-corrected chi connectivity index (χ3v) is 6.46. The van der Waals surface area contributed by atoms with Crippen LogP contribution >= 0.6 is 11.3 Å². The van der Waals surface area contributed by atoms with Gasteiger partial charge in [0.05, 0.1) is 11.6 Å². The topological polar surface area (TPSA) is 51.0 Å². The molecular weight excluding hydrogens is 344 g/mol. The Balaban J connectivity index is 1.76. The van der Waals surface area contributed by atoms with Gasteiger partial charge in [0.15, 0.2) is 0 Å². The fourth-order valence-electron chi connectivity index (χ4n) is 3.42. The summed E-state index contributed by atoms with van der Waals surface area (Å²) in [4.78, 5) is 20.1. The number of carbonyl (C=O) groups is 1. The smallest absolute Gasteiger partial charge is 0.246 e. The van der Waals surface area contributed by atoms with Gasteiger partial charge in [0.1, 0.15) is 0 Å². The van der Waals surface area contributed by atoms with Crippen LogP contribution < -0.4 is 0 Å². The number of hydrogen-bond donors (Lipinski definition) is 0. The summed E-state index contributed by atoms with van der Waals surface area (Å²) < 4.78 is 1.91. The predicted octanol–water partition coefficient (Wildman–Crippen LogP) is 4.10. The van der Waals surface area contributed by atoms with Crippen LogP contribution in [0.25, 0.3) is 0 Å². The molecule has 0 bridgehead atoms. The summed E-state index contributed by atoms with van der Waals surface area (Å²) in [5.41, 5.74) is 1.15. The summed E-state index contributed by atoms with van der Waals surface area (Å²) in [6.07, 6.45) is 8.97. The molecule has 5 nitrogen and oxygen atoms in total. The Kier molecular flexibility index (Phi) is 5.91. The van der Waals surface area contributed by atoms with Crippen LogP contribution in [0.3, 0.4) is 0 Å². The number of carbonyl (C=O) groups excluding carboxylic acids is 1. The van der Waals surface area contributed by atoms with Crippen LogP contribution in [0, 0.1) is 5.92 Å². The van der Waals surface area contributed by atoms with Crippen LogP contribution in [0.2, 0.25) is 0 Å². The maximum Gasteiger partial charge on any atom is 0.246 e. The molecule has 0 aromatic carbocycles. The van der Waals surface area contributed by atoms with Gasteiger partial charge in [-0.25, -0.2) is 4.98 Å². The summed E-state index contributed by atoms with van der Waals surface area (Å²) in [5.74, 6) is 1.23. The Hall–Kier alpha value is -1.95. The van der Waals surface area contributed by atoms with E-state index in [1.807, 2.05) is 35.1 Å². The zero-order chi connectivity index (χ0) is 18.7. The van der Waals surface area contributed by atoms with Crippen molar-refractivity contribution in [3.63, 3.8) is 0 Å². The number of amides is 1. The van der Waals surface area contributed by atoms with Gasteiger partial charge in [0, 0.05) is 48.4 Å². The highest BCUT2D eigenvalue weighted by molar-refractivity contribution is 7.11. The van der Waals surface area contributed by atoms with Crippen molar-refractivity contribution in [2.45, 2.75) is 51.5 Å². The average Bonchev–Trinajstić information content (AvgIpc) is 3.18. The Morgan fingerprint density at radius 2 is 2.27 bits per heavy atom. The lowest BCUT2D eigenvalue weighted by atomic mass is 9.86. The van der Waals surface area contributed by atoms with E-state index in [2.05, 4.69) is 30.5 Å². The van der Waals surface area contributed by atoms with Crippen molar-refractivity contribution in [3.8, 4) is 0 Å². The van der Waals surface area contributed by atoms with Crippen molar-refractivity contribution in [1.29, 1.82) is 0 Å². The Morgan fingerprint density at radius 1 is 1.50 bits per heavy atom. The van der Waals surface area contributed by atoms with Gasteiger partial charge in [-0.3, -0.25) is 9.48 Å². The van der Waals surface area contributed by atoms with Crippen molar-refractivity contribution in [3.05, 3.63) is 46.7 Å². The number of hydrogen-bond acceptors (Lipinski definition) is 4. The molecule has 0 saturated heterocycles. The summed E-state index contributed by atoms with van der Waals surface area (Å²) in [6, 6.07) is 2.04. The standard InChI is InChI=1S/C20H28N4OS/c1-5-19(25)24(12-16-11-21-20(26-16)15-7-6-8-15)13-17(14(2)3)18-9-10-22-23(18)4/h5,9-11,14-15,17H,1,6-8,12-13H2,2-4H3.